The molecule has 2 aliphatic heterocycles. The van der Waals surface area contributed by atoms with Gasteiger partial charge in [0.25, 0.3) is 5.56 Å². The first-order valence-corrected chi connectivity index (χ1v) is 9.38. The van der Waals surface area contributed by atoms with Crippen LogP contribution >= 0.6 is 0 Å². The van der Waals surface area contributed by atoms with Gasteiger partial charge in [0, 0.05) is 24.8 Å². The van der Waals surface area contributed by atoms with E-state index in [4.69, 9.17) is 14.2 Å². The molecule has 1 aromatic rings. The Hall–Kier alpha value is -1.64. The number of rotatable bonds is 7. The highest BCUT2D eigenvalue weighted by atomic mass is 16.7. The number of hydrogen-bond acceptors (Lipinski definition) is 10. The molecule has 0 unspecified atom stereocenters. The lowest BCUT2D eigenvalue weighted by molar-refractivity contribution is -0.187. The summed E-state index contributed by atoms with van der Waals surface area (Å²) in [7, 11) is 0. The van der Waals surface area contributed by atoms with Gasteiger partial charge in [0.1, 0.15) is 36.6 Å². The van der Waals surface area contributed by atoms with Crippen LogP contribution in [0.5, 0.6) is 0 Å². The summed E-state index contributed by atoms with van der Waals surface area (Å²) in [4.78, 5) is 25.1. The summed E-state index contributed by atoms with van der Waals surface area (Å²) in [6, 6.07) is 1.25. The van der Waals surface area contributed by atoms with Crippen LogP contribution in [-0.4, -0.2) is 92.1 Å². The van der Waals surface area contributed by atoms with Crippen LogP contribution in [0.25, 0.3) is 0 Å². The third-order valence-electron chi connectivity index (χ3n) is 4.93. The maximum atomic E-state index is 11.9. The van der Waals surface area contributed by atoms with Crippen molar-refractivity contribution in [2.24, 2.45) is 0 Å². The lowest BCUT2D eigenvalue weighted by Gasteiger charge is -2.20. The minimum absolute atomic E-state index is 0.166. The van der Waals surface area contributed by atoms with E-state index in [2.05, 4.69) is 5.32 Å². The Morgan fingerprint density at radius 2 is 1.79 bits per heavy atom. The van der Waals surface area contributed by atoms with Crippen LogP contribution in [0.4, 0.5) is 0 Å². The van der Waals surface area contributed by atoms with Gasteiger partial charge in [-0.2, -0.15) is 0 Å². The summed E-state index contributed by atoms with van der Waals surface area (Å²) in [6.45, 7) is 3.90. The SMILES string of the molecule is CC(C)NC[C@H]1O[C@@H](OC[C@H]2O[C@@H](n3ccc(=O)[nH]c3=O)[C@H](O)[C@@H]2O)[C@H](O)[C@@H]1O. The molecule has 1 aromatic heterocycles. The molecule has 6 N–H and O–H groups in total. The molecule has 12 nitrogen and oxygen atoms in total. The number of aliphatic hydroxyl groups excluding tert-OH is 4. The largest absolute Gasteiger partial charge is 0.387 e. The molecule has 0 radical (unpaired) electrons. The van der Waals surface area contributed by atoms with E-state index in [1.165, 1.54) is 0 Å². The molecule has 0 saturated carbocycles. The first kappa shape index (κ1) is 22.1. The maximum Gasteiger partial charge on any atom is 0.330 e. The summed E-state index contributed by atoms with van der Waals surface area (Å²) < 4.78 is 17.5. The molecule has 2 fully saturated rings. The second-order valence-electron chi connectivity index (χ2n) is 7.48. The molecule has 3 heterocycles. The highest BCUT2D eigenvalue weighted by Gasteiger charge is 2.47. The van der Waals surface area contributed by atoms with Gasteiger partial charge in [0.15, 0.2) is 12.5 Å². The van der Waals surface area contributed by atoms with E-state index in [1.54, 1.807) is 0 Å². The molecule has 0 aliphatic carbocycles. The molecule has 8 atom stereocenters. The van der Waals surface area contributed by atoms with Gasteiger partial charge in [-0.3, -0.25) is 14.3 Å². The van der Waals surface area contributed by atoms with Gasteiger partial charge in [-0.15, -0.1) is 0 Å². The van der Waals surface area contributed by atoms with Crippen LogP contribution in [0.3, 0.4) is 0 Å². The fourth-order valence-electron chi connectivity index (χ4n) is 3.29. The average molecular weight is 417 g/mol. The third-order valence-corrected chi connectivity index (χ3v) is 4.93. The van der Waals surface area contributed by atoms with Crippen LogP contribution in [0.1, 0.15) is 20.1 Å². The van der Waals surface area contributed by atoms with Gasteiger partial charge >= 0.3 is 5.69 Å². The van der Waals surface area contributed by atoms with Gasteiger partial charge in [-0.05, 0) is 0 Å². The summed E-state index contributed by atoms with van der Waals surface area (Å²) in [6.07, 6.45) is -8.22. The average Bonchev–Trinajstić information content (AvgIpc) is 3.09. The third kappa shape index (κ3) is 4.75. The van der Waals surface area contributed by atoms with Crippen LogP contribution in [0.2, 0.25) is 0 Å². The van der Waals surface area contributed by atoms with E-state index in [0.717, 1.165) is 16.8 Å². The quantitative estimate of drug-likeness (QED) is 0.262. The summed E-state index contributed by atoms with van der Waals surface area (Å²) in [5.41, 5.74) is -1.40. The highest BCUT2D eigenvalue weighted by molar-refractivity contribution is 4.94. The summed E-state index contributed by atoms with van der Waals surface area (Å²) >= 11 is 0. The van der Waals surface area contributed by atoms with Crippen molar-refractivity contribution >= 4 is 0 Å². The number of hydrogen-bond donors (Lipinski definition) is 6. The molecule has 2 saturated heterocycles. The van der Waals surface area contributed by atoms with E-state index >= 15 is 0 Å². The Morgan fingerprint density at radius 1 is 1.10 bits per heavy atom. The van der Waals surface area contributed by atoms with Crippen molar-refractivity contribution in [1.29, 1.82) is 0 Å². The second kappa shape index (κ2) is 9.02. The first-order valence-electron chi connectivity index (χ1n) is 9.38. The maximum absolute atomic E-state index is 11.9. The minimum atomic E-state index is -1.45. The van der Waals surface area contributed by atoms with Crippen LogP contribution in [-0.2, 0) is 14.2 Å². The molecule has 164 valence electrons. The zero-order chi connectivity index (χ0) is 21.3. The van der Waals surface area contributed by atoms with Crippen LogP contribution in [0.15, 0.2) is 21.9 Å². The Bertz CT molecular complexity index is 797. The van der Waals surface area contributed by atoms with Crippen molar-refractivity contribution in [3.05, 3.63) is 33.1 Å². The summed E-state index contributed by atoms with van der Waals surface area (Å²) in [5, 5.41) is 43.7. The van der Waals surface area contributed by atoms with Gasteiger partial charge in [0.2, 0.25) is 0 Å². The molecule has 12 heteroatoms. The zero-order valence-corrected chi connectivity index (χ0v) is 16.0. The molecular weight excluding hydrogens is 390 g/mol. The number of aromatic nitrogens is 2. The molecule has 3 rings (SSSR count). The Kier molecular flexibility index (Phi) is 6.86. The first-order chi connectivity index (χ1) is 13.7. The zero-order valence-electron chi connectivity index (χ0n) is 16.0. The molecule has 0 amide bonds. The van der Waals surface area contributed by atoms with E-state index in [0.29, 0.717) is 6.54 Å². The van der Waals surface area contributed by atoms with Crippen molar-refractivity contribution in [3.8, 4) is 0 Å². The molecule has 0 aromatic carbocycles. The highest BCUT2D eigenvalue weighted by Crippen LogP contribution is 2.30. The van der Waals surface area contributed by atoms with Gasteiger partial charge < -0.3 is 40.0 Å². The van der Waals surface area contributed by atoms with E-state index in [9.17, 15) is 30.0 Å². The second-order valence-corrected chi connectivity index (χ2v) is 7.48. The predicted octanol–water partition coefficient (Wildman–Crippen LogP) is -3.38. The fourth-order valence-corrected chi connectivity index (χ4v) is 3.29. The number of aromatic amines is 1. The predicted molar refractivity (Wildman–Crippen MR) is 97.0 cm³/mol. The number of aliphatic hydroxyl groups is 4. The lowest BCUT2D eigenvalue weighted by atomic mass is 10.1. The smallest absolute Gasteiger partial charge is 0.330 e. The standard InChI is InChI=1S/C17H27N3O9/c1-7(2)18-5-8-11(22)14(25)16(29-8)27-6-9-12(23)13(24)15(28-9)20-4-3-10(21)19-17(20)26/h3-4,7-9,11-16,18,22-25H,5-6H2,1-2H3,(H,19,21,26)/t8-,9-,11-,12-,13-,14-,15-,16-/m1/s1. The van der Waals surface area contributed by atoms with E-state index in [1.807, 2.05) is 18.8 Å². The lowest BCUT2D eigenvalue weighted by Crippen LogP contribution is -2.40. The Balaban J connectivity index is 1.59. The van der Waals surface area contributed by atoms with Gasteiger partial charge in [0.05, 0.1) is 6.61 Å². The monoisotopic (exact) mass is 417 g/mol. The number of H-pyrrole nitrogens is 1. The number of nitrogens with one attached hydrogen (secondary N) is 2. The number of ether oxygens (including phenoxy) is 3. The Labute approximate surface area is 165 Å². The van der Waals surface area contributed by atoms with Crippen molar-refractivity contribution < 1.29 is 34.6 Å². The van der Waals surface area contributed by atoms with E-state index in [-0.39, 0.29) is 12.6 Å². The molecule has 0 spiro atoms. The van der Waals surface area contributed by atoms with Crippen LogP contribution in [0, 0.1) is 0 Å². The van der Waals surface area contributed by atoms with Crippen molar-refractivity contribution in [2.75, 3.05) is 13.2 Å². The molecular formula is C17H27N3O9. The molecule has 29 heavy (non-hydrogen) atoms. The van der Waals surface area contributed by atoms with Gasteiger partial charge in [-0.1, -0.05) is 13.8 Å². The number of nitrogens with zero attached hydrogens (tertiary/aromatic N) is 1. The Morgan fingerprint density at radius 3 is 2.45 bits per heavy atom. The molecule has 2 aliphatic rings. The topological polar surface area (TPSA) is 175 Å². The van der Waals surface area contributed by atoms with Crippen molar-refractivity contribution in [3.63, 3.8) is 0 Å². The van der Waals surface area contributed by atoms with Gasteiger partial charge in [-0.25, -0.2) is 4.79 Å². The molecule has 0 bridgehead atoms. The minimum Gasteiger partial charge on any atom is -0.387 e. The normalized spacial score (nSPS) is 37.5. The van der Waals surface area contributed by atoms with Crippen LogP contribution < -0.4 is 16.6 Å². The fraction of sp³-hybridized carbons (Fsp3) is 0.765. The summed E-state index contributed by atoms with van der Waals surface area (Å²) in [5.74, 6) is 0. The van der Waals surface area contributed by atoms with Crippen molar-refractivity contribution in [1.82, 2.24) is 14.9 Å². The van der Waals surface area contributed by atoms with Crippen molar-refractivity contribution in [2.45, 2.75) is 69.0 Å². The van der Waals surface area contributed by atoms with E-state index < -0.39 is 60.4 Å².